The molecule has 0 radical (unpaired) electrons. The van der Waals surface area contributed by atoms with Gasteiger partial charge in [0.1, 0.15) is 5.82 Å². The number of hydrogen-bond acceptors (Lipinski definition) is 4. The quantitative estimate of drug-likeness (QED) is 0.366. The molecular weight excluding hydrogens is 437 g/mol. The fourth-order valence-corrected chi connectivity index (χ4v) is 4.37. The first-order chi connectivity index (χ1) is 15.0. The first kappa shape index (κ1) is 21.5. The van der Waals surface area contributed by atoms with Crippen molar-refractivity contribution in [1.29, 1.82) is 0 Å². The van der Waals surface area contributed by atoms with E-state index in [0.29, 0.717) is 36.7 Å². The van der Waals surface area contributed by atoms with Crippen LogP contribution in [0.3, 0.4) is 0 Å². The summed E-state index contributed by atoms with van der Waals surface area (Å²) in [4.78, 5) is 20.2. The van der Waals surface area contributed by atoms with Gasteiger partial charge in [-0.05, 0) is 30.3 Å². The summed E-state index contributed by atoms with van der Waals surface area (Å²) in [6.07, 6.45) is 2.64. The number of rotatable bonds is 8. The molecule has 4 rings (SSSR count). The average molecular weight is 458 g/mol. The Morgan fingerprint density at radius 1 is 1.23 bits per heavy atom. The number of ether oxygens (including phenoxy) is 1. The van der Waals surface area contributed by atoms with Crippen LogP contribution in [0.1, 0.15) is 16.1 Å². The summed E-state index contributed by atoms with van der Waals surface area (Å²) >= 11 is 7.54. The van der Waals surface area contributed by atoms with Crippen LogP contribution in [0, 0.1) is 5.82 Å². The number of imidazole rings is 1. The monoisotopic (exact) mass is 457 g/mol. The van der Waals surface area contributed by atoms with Crippen molar-refractivity contribution in [2.45, 2.75) is 6.42 Å². The van der Waals surface area contributed by atoms with Gasteiger partial charge < -0.3 is 9.64 Å². The van der Waals surface area contributed by atoms with Crippen LogP contribution in [0.2, 0.25) is 5.02 Å². The number of thiazole rings is 1. The van der Waals surface area contributed by atoms with Crippen LogP contribution in [0.25, 0.3) is 16.2 Å². The second-order valence-electron chi connectivity index (χ2n) is 7.06. The van der Waals surface area contributed by atoms with E-state index in [4.69, 9.17) is 21.3 Å². The smallest absolute Gasteiger partial charge is 0.254 e. The number of benzene rings is 2. The molecule has 0 N–H and O–H groups in total. The van der Waals surface area contributed by atoms with Gasteiger partial charge in [0.2, 0.25) is 0 Å². The second kappa shape index (κ2) is 9.60. The number of nitrogens with zero attached hydrogens (tertiary/aromatic N) is 3. The zero-order valence-electron chi connectivity index (χ0n) is 16.9. The third-order valence-corrected chi connectivity index (χ3v) is 6.13. The van der Waals surface area contributed by atoms with E-state index in [1.54, 1.807) is 35.5 Å². The van der Waals surface area contributed by atoms with Gasteiger partial charge in [-0.15, -0.1) is 11.3 Å². The van der Waals surface area contributed by atoms with Gasteiger partial charge in [-0.3, -0.25) is 9.20 Å². The number of aromatic nitrogens is 2. The van der Waals surface area contributed by atoms with Crippen LogP contribution < -0.4 is 0 Å². The van der Waals surface area contributed by atoms with E-state index in [2.05, 4.69) is 9.78 Å². The minimum absolute atomic E-state index is 0.212. The predicted octanol–water partition coefficient (Wildman–Crippen LogP) is 5.19. The summed E-state index contributed by atoms with van der Waals surface area (Å²) in [6, 6.07) is 13.3. The molecule has 0 fully saturated rings. The van der Waals surface area contributed by atoms with Crippen molar-refractivity contribution in [2.75, 3.05) is 26.8 Å². The van der Waals surface area contributed by atoms with E-state index in [9.17, 15) is 9.18 Å². The van der Waals surface area contributed by atoms with Crippen LogP contribution in [-0.2, 0) is 11.2 Å². The molecule has 2 aromatic heterocycles. The van der Waals surface area contributed by atoms with Gasteiger partial charge in [-0.2, -0.15) is 0 Å². The Morgan fingerprint density at radius 2 is 2.03 bits per heavy atom. The van der Waals surface area contributed by atoms with Crippen molar-refractivity contribution in [3.8, 4) is 11.3 Å². The minimum Gasteiger partial charge on any atom is -0.383 e. The fourth-order valence-electron chi connectivity index (χ4n) is 3.34. The zero-order valence-corrected chi connectivity index (χ0v) is 18.5. The second-order valence-corrected chi connectivity index (χ2v) is 8.33. The number of amides is 1. The SMILES string of the molecule is COCCN(CCc1csc2nc(-c3ccc(Cl)cc3)cn12)C(=O)c1cccc(F)c1. The van der Waals surface area contributed by atoms with Crippen molar-refractivity contribution in [3.05, 3.63) is 82.2 Å². The Labute approximate surface area is 188 Å². The largest absolute Gasteiger partial charge is 0.383 e. The molecule has 0 unspecified atom stereocenters. The third kappa shape index (κ3) is 4.95. The lowest BCUT2D eigenvalue weighted by molar-refractivity contribution is 0.0697. The maximum Gasteiger partial charge on any atom is 0.254 e. The first-order valence-electron chi connectivity index (χ1n) is 9.80. The van der Waals surface area contributed by atoms with E-state index in [0.717, 1.165) is 21.9 Å². The van der Waals surface area contributed by atoms with Crippen molar-refractivity contribution < 1.29 is 13.9 Å². The van der Waals surface area contributed by atoms with Gasteiger partial charge in [-0.25, -0.2) is 9.37 Å². The summed E-state index contributed by atoms with van der Waals surface area (Å²) in [6.45, 7) is 1.32. The van der Waals surface area contributed by atoms with Crippen LogP contribution in [0.5, 0.6) is 0 Å². The number of carbonyl (C=O) groups excluding carboxylic acids is 1. The molecule has 0 aliphatic rings. The minimum atomic E-state index is -0.426. The Kier molecular flexibility index (Phi) is 6.65. The van der Waals surface area contributed by atoms with E-state index in [1.165, 1.54) is 12.1 Å². The highest BCUT2D eigenvalue weighted by molar-refractivity contribution is 7.15. The molecular formula is C23H21ClFN3O2S. The molecule has 0 spiro atoms. The highest BCUT2D eigenvalue weighted by Gasteiger charge is 2.17. The average Bonchev–Trinajstić information content (AvgIpc) is 3.35. The fraction of sp³-hybridized carbons (Fsp3) is 0.217. The van der Waals surface area contributed by atoms with E-state index >= 15 is 0 Å². The normalized spacial score (nSPS) is 11.2. The standard InChI is InChI=1S/C23H21ClFN3O2S/c1-30-12-11-27(22(29)17-3-2-4-19(25)13-17)10-9-20-15-31-23-26-21(14-28(20)23)16-5-7-18(24)8-6-16/h2-8,13-15H,9-12H2,1H3. The maximum atomic E-state index is 13.6. The molecule has 4 aromatic rings. The molecule has 0 saturated carbocycles. The summed E-state index contributed by atoms with van der Waals surface area (Å²) in [7, 11) is 1.59. The Bertz CT molecular complexity index is 1190. The summed E-state index contributed by atoms with van der Waals surface area (Å²) in [5.41, 5.74) is 3.26. The summed E-state index contributed by atoms with van der Waals surface area (Å²) in [5.74, 6) is -0.638. The van der Waals surface area contributed by atoms with Crippen LogP contribution in [0.15, 0.2) is 60.1 Å². The highest BCUT2D eigenvalue weighted by atomic mass is 35.5. The number of methoxy groups -OCH3 is 1. The molecule has 0 aliphatic heterocycles. The number of halogens is 2. The maximum absolute atomic E-state index is 13.6. The topological polar surface area (TPSA) is 46.8 Å². The van der Waals surface area contributed by atoms with Crippen molar-refractivity contribution in [2.24, 2.45) is 0 Å². The summed E-state index contributed by atoms with van der Waals surface area (Å²) < 4.78 is 20.8. The molecule has 0 saturated heterocycles. The van der Waals surface area contributed by atoms with E-state index in [-0.39, 0.29) is 5.91 Å². The first-order valence-corrected chi connectivity index (χ1v) is 11.1. The third-order valence-electron chi connectivity index (χ3n) is 4.99. The number of carbonyl (C=O) groups is 1. The molecule has 5 nitrogen and oxygen atoms in total. The van der Waals surface area contributed by atoms with Gasteiger partial charge in [0, 0.05) is 60.0 Å². The van der Waals surface area contributed by atoms with E-state index in [1.807, 2.05) is 30.5 Å². The molecule has 31 heavy (non-hydrogen) atoms. The van der Waals surface area contributed by atoms with Gasteiger partial charge in [0.05, 0.1) is 12.3 Å². The molecule has 160 valence electrons. The van der Waals surface area contributed by atoms with Crippen molar-refractivity contribution in [1.82, 2.24) is 14.3 Å². The lowest BCUT2D eigenvalue weighted by Crippen LogP contribution is -2.35. The van der Waals surface area contributed by atoms with Gasteiger partial charge in [-0.1, -0.05) is 29.8 Å². The molecule has 0 atom stereocenters. The van der Waals surface area contributed by atoms with Gasteiger partial charge in [0.25, 0.3) is 5.91 Å². The summed E-state index contributed by atoms with van der Waals surface area (Å²) in [5, 5.41) is 2.74. The van der Waals surface area contributed by atoms with E-state index < -0.39 is 5.82 Å². The Morgan fingerprint density at radius 3 is 2.77 bits per heavy atom. The van der Waals surface area contributed by atoms with Crippen molar-refractivity contribution >= 4 is 33.8 Å². The molecule has 0 aliphatic carbocycles. The van der Waals surface area contributed by atoms with Crippen LogP contribution in [-0.4, -0.2) is 47.0 Å². The number of hydrogen-bond donors (Lipinski definition) is 0. The zero-order chi connectivity index (χ0) is 21.8. The van der Waals surface area contributed by atoms with Crippen LogP contribution >= 0.6 is 22.9 Å². The Balaban J connectivity index is 1.52. The highest BCUT2D eigenvalue weighted by Crippen LogP contribution is 2.25. The van der Waals surface area contributed by atoms with Crippen molar-refractivity contribution in [3.63, 3.8) is 0 Å². The lowest BCUT2D eigenvalue weighted by Gasteiger charge is -2.22. The molecule has 2 heterocycles. The molecule has 8 heteroatoms. The van der Waals surface area contributed by atoms with Gasteiger partial charge in [0.15, 0.2) is 4.96 Å². The Hall–Kier alpha value is -2.74. The van der Waals surface area contributed by atoms with Crippen LogP contribution in [0.4, 0.5) is 4.39 Å². The molecule has 0 bridgehead atoms. The predicted molar refractivity (Wildman–Crippen MR) is 121 cm³/mol. The van der Waals surface area contributed by atoms with Gasteiger partial charge >= 0.3 is 0 Å². The molecule has 2 aromatic carbocycles. The molecule has 1 amide bonds. The number of fused-ring (bicyclic) bond motifs is 1. The lowest BCUT2D eigenvalue weighted by atomic mass is 10.2.